The van der Waals surface area contributed by atoms with Gasteiger partial charge in [0.15, 0.2) is 0 Å². The fourth-order valence-electron chi connectivity index (χ4n) is 3.09. The summed E-state index contributed by atoms with van der Waals surface area (Å²) in [6.07, 6.45) is 2.15. The van der Waals surface area contributed by atoms with E-state index in [0.717, 1.165) is 31.4 Å². The molecular weight excluding hydrogens is 448 g/mol. The molecule has 0 spiro atoms. The van der Waals surface area contributed by atoms with Crippen molar-refractivity contribution in [3.05, 3.63) is 65.2 Å². The molecule has 0 bridgehead atoms. The second kappa shape index (κ2) is 14.5. The third-order valence-electron chi connectivity index (χ3n) is 5.07. The standard InChI is InChI=1S/C26H32N4O5/c1-3-4-5-16-27-17-23(32)28-22-14-10-20(11-15-22)7-6-19-8-12-21(13-9-19)25(33)29-24(18(2)31)26(34)30-35/h8-15,18,24,27,31,35H,3-5,16-17H2,1-2H3,(H,28,32)(H,29,33)(H,30,34). The van der Waals surface area contributed by atoms with Crippen molar-refractivity contribution in [2.45, 2.75) is 45.3 Å². The summed E-state index contributed by atoms with van der Waals surface area (Å²) in [6.45, 7) is 4.56. The lowest BCUT2D eigenvalue weighted by atomic mass is 10.1. The quantitative estimate of drug-likeness (QED) is 0.125. The van der Waals surface area contributed by atoms with Crippen molar-refractivity contribution in [2.75, 3.05) is 18.4 Å². The van der Waals surface area contributed by atoms with Gasteiger partial charge in [-0.15, -0.1) is 0 Å². The third kappa shape index (κ3) is 9.59. The molecule has 2 rings (SSSR count). The van der Waals surface area contributed by atoms with E-state index in [1.165, 1.54) is 12.4 Å². The minimum Gasteiger partial charge on any atom is -0.391 e. The Morgan fingerprint density at radius 3 is 2.09 bits per heavy atom. The fourth-order valence-corrected chi connectivity index (χ4v) is 3.09. The van der Waals surface area contributed by atoms with E-state index in [1.54, 1.807) is 36.4 Å². The number of unbranched alkanes of at least 4 members (excludes halogenated alkanes) is 2. The number of nitrogens with one attached hydrogen (secondary N) is 4. The van der Waals surface area contributed by atoms with Gasteiger partial charge in [0.25, 0.3) is 11.8 Å². The molecule has 186 valence electrons. The number of hydroxylamine groups is 1. The summed E-state index contributed by atoms with van der Waals surface area (Å²) in [4.78, 5) is 35.9. The first-order valence-corrected chi connectivity index (χ1v) is 11.5. The molecule has 0 aliphatic rings. The van der Waals surface area contributed by atoms with Gasteiger partial charge in [0.05, 0.1) is 12.6 Å². The molecule has 9 nitrogen and oxygen atoms in total. The molecule has 35 heavy (non-hydrogen) atoms. The van der Waals surface area contributed by atoms with Gasteiger partial charge in [0.1, 0.15) is 6.04 Å². The molecule has 6 N–H and O–H groups in total. The lowest BCUT2D eigenvalue weighted by molar-refractivity contribution is -0.133. The summed E-state index contributed by atoms with van der Waals surface area (Å²) in [5.41, 5.74) is 3.81. The molecule has 0 radical (unpaired) electrons. The maximum atomic E-state index is 12.3. The first-order chi connectivity index (χ1) is 16.8. The van der Waals surface area contributed by atoms with E-state index in [9.17, 15) is 19.5 Å². The van der Waals surface area contributed by atoms with Gasteiger partial charge in [-0.1, -0.05) is 31.6 Å². The van der Waals surface area contributed by atoms with Gasteiger partial charge in [-0.3, -0.25) is 19.6 Å². The SMILES string of the molecule is CCCCCNCC(=O)Nc1ccc(C#Cc2ccc(C(=O)NC(C(=O)NO)C(C)O)cc2)cc1. The Bertz CT molecular complexity index is 1040. The van der Waals surface area contributed by atoms with E-state index >= 15 is 0 Å². The molecule has 0 saturated heterocycles. The van der Waals surface area contributed by atoms with Crippen molar-refractivity contribution >= 4 is 23.4 Å². The van der Waals surface area contributed by atoms with Gasteiger partial charge in [-0.25, -0.2) is 5.48 Å². The molecule has 2 aromatic carbocycles. The minimum absolute atomic E-state index is 0.0961. The predicted octanol–water partition coefficient (Wildman–Crippen LogP) is 1.79. The number of anilines is 1. The number of carbonyl (C=O) groups is 3. The van der Waals surface area contributed by atoms with Crippen molar-refractivity contribution in [3.8, 4) is 11.8 Å². The Morgan fingerprint density at radius 2 is 1.54 bits per heavy atom. The van der Waals surface area contributed by atoms with Crippen LogP contribution in [0.15, 0.2) is 48.5 Å². The Hall–Kier alpha value is -3.71. The van der Waals surface area contributed by atoms with Gasteiger partial charge >= 0.3 is 0 Å². The highest BCUT2D eigenvalue weighted by molar-refractivity contribution is 5.97. The van der Waals surface area contributed by atoms with Crippen LogP contribution in [0.4, 0.5) is 5.69 Å². The molecule has 2 atom stereocenters. The number of carbonyl (C=O) groups excluding carboxylic acids is 3. The van der Waals surface area contributed by atoms with Gasteiger partial charge in [-0.2, -0.15) is 0 Å². The van der Waals surface area contributed by atoms with E-state index in [4.69, 9.17) is 5.21 Å². The Labute approximate surface area is 205 Å². The van der Waals surface area contributed by atoms with Crippen LogP contribution >= 0.6 is 0 Å². The van der Waals surface area contributed by atoms with E-state index in [1.807, 2.05) is 12.1 Å². The first kappa shape index (κ1) is 27.5. The van der Waals surface area contributed by atoms with E-state index in [2.05, 4.69) is 34.7 Å². The Kier molecular flexibility index (Phi) is 11.4. The number of rotatable bonds is 11. The lowest BCUT2D eigenvalue weighted by Crippen LogP contribution is -2.51. The Balaban J connectivity index is 1.90. The summed E-state index contributed by atoms with van der Waals surface area (Å²) in [6, 6.07) is 12.3. The lowest BCUT2D eigenvalue weighted by Gasteiger charge is -2.19. The molecule has 0 aliphatic carbocycles. The van der Waals surface area contributed by atoms with Crippen LogP contribution in [0.1, 0.15) is 54.6 Å². The average Bonchev–Trinajstić information content (AvgIpc) is 2.86. The molecule has 0 heterocycles. The maximum Gasteiger partial charge on any atom is 0.268 e. The number of hydrogen-bond acceptors (Lipinski definition) is 6. The Morgan fingerprint density at radius 1 is 0.943 bits per heavy atom. The predicted molar refractivity (Wildman–Crippen MR) is 133 cm³/mol. The van der Waals surface area contributed by atoms with Crippen LogP contribution in [0, 0.1) is 11.8 Å². The third-order valence-corrected chi connectivity index (χ3v) is 5.07. The monoisotopic (exact) mass is 480 g/mol. The van der Waals surface area contributed by atoms with Crippen LogP contribution in [-0.4, -0.2) is 53.3 Å². The van der Waals surface area contributed by atoms with Crippen LogP contribution in [0.3, 0.4) is 0 Å². The van der Waals surface area contributed by atoms with Crippen molar-refractivity contribution in [2.24, 2.45) is 0 Å². The minimum atomic E-state index is -1.29. The van der Waals surface area contributed by atoms with Crippen molar-refractivity contribution in [3.63, 3.8) is 0 Å². The largest absolute Gasteiger partial charge is 0.391 e. The van der Waals surface area contributed by atoms with E-state index < -0.39 is 24.0 Å². The smallest absolute Gasteiger partial charge is 0.268 e. The van der Waals surface area contributed by atoms with Crippen LogP contribution in [-0.2, 0) is 9.59 Å². The summed E-state index contributed by atoms with van der Waals surface area (Å²) >= 11 is 0. The second-order valence-electron chi connectivity index (χ2n) is 8.00. The number of amides is 3. The zero-order valence-corrected chi connectivity index (χ0v) is 19.9. The van der Waals surface area contributed by atoms with Gasteiger partial charge in [0.2, 0.25) is 5.91 Å². The normalized spacial score (nSPS) is 12.0. The fraction of sp³-hybridized carbons (Fsp3) is 0.346. The zero-order chi connectivity index (χ0) is 25.6. The van der Waals surface area contributed by atoms with Crippen LogP contribution in [0.25, 0.3) is 0 Å². The molecule has 9 heteroatoms. The maximum absolute atomic E-state index is 12.3. The first-order valence-electron chi connectivity index (χ1n) is 11.5. The molecule has 2 aromatic rings. The van der Waals surface area contributed by atoms with E-state index in [-0.39, 0.29) is 18.0 Å². The number of aliphatic hydroxyl groups is 1. The summed E-state index contributed by atoms with van der Waals surface area (Å²) in [7, 11) is 0. The highest BCUT2D eigenvalue weighted by Gasteiger charge is 2.25. The van der Waals surface area contributed by atoms with E-state index in [0.29, 0.717) is 11.3 Å². The topological polar surface area (TPSA) is 140 Å². The summed E-state index contributed by atoms with van der Waals surface area (Å²) in [5, 5.41) is 26.7. The molecule has 0 aromatic heterocycles. The molecule has 2 unspecified atom stereocenters. The summed E-state index contributed by atoms with van der Waals surface area (Å²) in [5.74, 6) is 4.44. The molecule has 0 fully saturated rings. The van der Waals surface area contributed by atoms with Crippen LogP contribution < -0.4 is 21.4 Å². The van der Waals surface area contributed by atoms with Crippen LogP contribution in [0.5, 0.6) is 0 Å². The van der Waals surface area contributed by atoms with Crippen LogP contribution in [0.2, 0.25) is 0 Å². The molecule has 3 amide bonds. The van der Waals surface area contributed by atoms with Crippen molar-refractivity contribution in [1.82, 2.24) is 16.1 Å². The number of aliphatic hydroxyl groups excluding tert-OH is 1. The average molecular weight is 481 g/mol. The van der Waals surface area contributed by atoms with Crippen molar-refractivity contribution in [1.29, 1.82) is 0 Å². The second-order valence-corrected chi connectivity index (χ2v) is 8.00. The number of benzene rings is 2. The number of hydrogen-bond donors (Lipinski definition) is 6. The molecule has 0 saturated carbocycles. The van der Waals surface area contributed by atoms with Gasteiger partial charge in [-0.05, 0) is 68.4 Å². The molecular formula is C26H32N4O5. The summed E-state index contributed by atoms with van der Waals surface area (Å²) < 4.78 is 0. The van der Waals surface area contributed by atoms with Crippen molar-refractivity contribution < 1.29 is 24.7 Å². The highest BCUT2D eigenvalue weighted by Crippen LogP contribution is 2.10. The highest BCUT2D eigenvalue weighted by atomic mass is 16.5. The zero-order valence-electron chi connectivity index (χ0n) is 19.9. The van der Waals surface area contributed by atoms with Gasteiger partial charge in [0, 0.05) is 22.4 Å². The molecule has 0 aliphatic heterocycles. The van der Waals surface area contributed by atoms with Gasteiger partial charge < -0.3 is 21.1 Å².